The average molecular weight is 202 g/mol. The molecule has 0 saturated carbocycles. The summed E-state index contributed by atoms with van der Waals surface area (Å²) in [6, 6.07) is 11.4. The van der Waals surface area contributed by atoms with Crippen molar-refractivity contribution in [3.05, 3.63) is 42.2 Å². The third-order valence-corrected chi connectivity index (χ3v) is 2.09. The molecule has 1 heterocycles. The van der Waals surface area contributed by atoms with E-state index in [2.05, 4.69) is 10.3 Å². The van der Waals surface area contributed by atoms with Crippen LogP contribution >= 0.6 is 0 Å². The minimum absolute atomic E-state index is 0.407. The van der Waals surface area contributed by atoms with Gasteiger partial charge in [0.1, 0.15) is 11.4 Å². The minimum Gasteiger partial charge on any atom is -0.411 e. The number of hydrogen-bond acceptors (Lipinski definition) is 4. The Bertz CT molecular complexity index is 474. The van der Waals surface area contributed by atoms with E-state index in [9.17, 15) is 0 Å². The zero-order valence-electron chi connectivity index (χ0n) is 8.21. The average Bonchev–Trinajstić information content (AvgIpc) is 2.78. The van der Waals surface area contributed by atoms with Crippen LogP contribution in [0, 0.1) is 0 Å². The van der Waals surface area contributed by atoms with E-state index in [-0.39, 0.29) is 0 Å². The summed E-state index contributed by atoms with van der Waals surface area (Å²) in [6.07, 6.45) is 0. The molecule has 4 heteroatoms. The summed E-state index contributed by atoms with van der Waals surface area (Å²) in [5, 5.41) is 15.5. The lowest BCUT2D eigenvalue weighted by Crippen LogP contribution is -1.89. The molecule has 15 heavy (non-hydrogen) atoms. The minimum atomic E-state index is 0.407. The van der Waals surface area contributed by atoms with Crippen LogP contribution in [0.25, 0.3) is 11.3 Å². The van der Waals surface area contributed by atoms with E-state index in [1.165, 1.54) is 0 Å². The van der Waals surface area contributed by atoms with Gasteiger partial charge in [0.15, 0.2) is 5.76 Å². The molecule has 0 unspecified atom stereocenters. The lowest BCUT2D eigenvalue weighted by Gasteiger charge is -1.91. The number of benzene rings is 1. The first kappa shape index (κ1) is 9.45. The second-order valence-corrected chi connectivity index (χ2v) is 3.13. The van der Waals surface area contributed by atoms with Crippen molar-refractivity contribution < 1.29 is 9.73 Å². The van der Waals surface area contributed by atoms with Crippen LogP contribution in [0.5, 0.6) is 0 Å². The third-order valence-electron chi connectivity index (χ3n) is 2.09. The Morgan fingerprint density at radius 3 is 2.73 bits per heavy atom. The molecule has 0 aliphatic carbocycles. The van der Waals surface area contributed by atoms with Gasteiger partial charge in [-0.05, 0) is 6.92 Å². The van der Waals surface area contributed by atoms with Gasteiger partial charge in [0.2, 0.25) is 0 Å². The van der Waals surface area contributed by atoms with Crippen LogP contribution in [0.2, 0.25) is 0 Å². The molecule has 1 aromatic carbocycles. The molecule has 0 aliphatic rings. The van der Waals surface area contributed by atoms with E-state index in [1.54, 1.807) is 13.0 Å². The summed E-state index contributed by atoms with van der Waals surface area (Å²) >= 11 is 0. The zero-order valence-corrected chi connectivity index (χ0v) is 8.21. The molecule has 0 fully saturated rings. The van der Waals surface area contributed by atoms with Gasteiger partial charge < -0.3 is 9.73 Å². The van der Waals surface area contributed by atoms with E-state index in [1.807, 2.05) is 30.3 Å². The lowest BCUT2D eigenvalue weighted by atomic mass is 10.1. The van der Waals surface area contributed by atoms with Crippen LogP contribution in [0.4, 0.5) is 0 Å². The molecule has 0 aliphatic heterocycles. The van der Waals surface area contributed by atoms with Crippen molar-refractivity contribution in [1.82, 2.24) is 5.16 Å². The monoisotopic (exact) mass is 202 g/mol. The Morgan fingerprint density at radius 2 is 2.07 bits per heavy atom. The Labute approximate surface area is 86.8 Å². The normalized spacial score (nSPS) is 11.7. The van der Waals surface area contributed by atoms with Crippen molar-refractivity contribution in [3.8, 4) is 11.3 Å². The van der Waals surface area contributed by atoms with Crippen molar-refractivity contribution in [2.45, 2.75) is 6.92 Å². The van der Waals surface area contributed by atoms with Crippen molar-refractivity contribution >= 4 is 5.71 Å². The topological polar surface area (TPSA) is 58.6 Å². The zero-order chi connectivity index (χ0) is 10.7. The molecular formula is C11H10N2O2. The Balaban J connectivity index is 2.36. The maximum atomic E-state index is 8.57. The largest absolute Gasteiger partial charge is 0.411 e. The lowest BCUT2D eigenvalue weighted by molar-refractivity contribution is 0.316. The summed E-state index contributed by atoms with van der Waals surface area (Å²) in [6.45, 7) is 1.65. The van der Waals surface area contributed by atoms with Gasteiger partial charge in [0.25, 0.3) is 0 Å². The van der Waals surface area contributed by atoms with E-state index in [0.29, 0.717) is 11.5 Å². The highest BCUT2D eigenvalue weighted by Gasteiger charge is 2.08. The quantitative estimate of drug-likeness (QED) is 0.462. The maximum Gasteiger partial charge on any atom is 0.184 e. The fourth-order valence-electron chi connectivity index (χ4n) is 1.24. The highest BCUT2D eigenvalue weighted by molar-refractivity contribution is 5.96. The third kappa shape index (κ3) is 1.88. The van der Waals surface area contributed by atoms with E-state index >= 15 is 0 Å². The van der Waals surface area contributed by atoms with Gasteiger partial charge in [-0.1, -0.05) is 40.6 Å². The number of hydrogen-bond donors (Lipinski definition) is 1. The summed E-state index contributed by atoms with van der Waals surface area (Å²) in [7, 11) is 0. The van der Waals surface area contributed by atoms with Gasteiger partial charge in [-0.3, -0.25) is 0 Å². The van der Waals surface area contributed by atoms with E-state index in [0.717, 1.165) is 11.3 Å². The number of aromatic nitrogens is 1. The molecule has 2 rings (SSSR count). The molecular weight excluding hydrogens is 192 g/mol. The molecule has 0 spiro atoms. The van der Waals surface area contributed by atoms with Gasteiger partial charge in [-0.15, -0.1) is 0 Å². The second kappa shape index (κ2) is 3.96. The maximum absolute atomic E-state index is 8.57. The summed E-state index contributed by atoms with van der Waals surface area (Å²) in [5.74, 6) is 0.469. The summed E-state index contributed by atoms with van der Waals surface area (Å²) in [5.41, 5.74) is 2.11. The molecule has 1 N–H and O–H groups in total. The fourth-order valence-corrected chi connectivity index (χ4v) is 1.24. The van der Waals surface area contributed by atoms with Crippen LogP contribution in [-0.4, -0.2) is 16.1 Å². The predicted molar refractivity (Wildman–Crippen MR) is 55.9 cm³/mol. The van der Waals surface area contributed by atoms with Gasteiger partial charge in [0.05, 0.1) is 0 Å². The van der Waals surface area contributed by atoms with Crippen LogP contribution < -0.4 is 0 Å². The summed E-state index contributed by atoms with van der Waals surface area (Å²) < 4.78 is 5.03. The molecule has 4 nitrogen and oxygen atoms in total. The number of nitrogens with zero attached hydrogens (tertiary/aromatic N) is 2. The summed E-state index contributed by atoms with van der Waals surface area (Å²) in [4.78, 5) is 0. The van der Waals surface area contributed by atoms with Crippen molar-refractivity contribution in [2.24, 2.45) is 5.16 Å². The first-order valence-corrected chi connectivity index (χ1v) is 4.52. The van der Waals surface area contributed by atoms with Crippen molar-refractivity contribution in [2.75, 3.05) is 0 Å². The van der Waals surface area contributed by atoms with Gasteiger partial charge in [0, 0.05) is 11.6 Å². The molecule has 0 amide bonds. The number of rotatable bonds is 2. The second-order valence-electron chi connectivity index (χ2n) is 3.13. The Hall–Kier alpha value is -2.10. The van der Waals surface area contributed by atoms with Crippen LogP contribution in [0.1, 0.15) is 12.7 Å². The first-order valence-electron chi connectivity index (χ1n) is 4.52. The van der Waals surface area contributed by atoms with Crippen LogP contribution in [0.15, 0.2) is 46.1 Å². The molecule has 1 aromatic heterocycles. The van der Waals surface area contributed by atoms with Gasteiger partial charge in [-0.2, -0.15) is 0 Å². The van der Waals surface area contributed by atoms with Gasteiger partial charge in [-0.25, -0.2) is 0 Å². The Kier molecular flexibility index (Phi) is 2.49. The molecule has 2 aromatic rings. The molecule has 0 saturated heterocycles. The predicted octanol–water partition coefficient (Wildman–Crippen LogP) is 2.54. The molecule has 76 valence electrons. The van der Waals surface area contributed by atoms with E-state index in [4.69, 9.17) is 9.73 Å². The highest BCUT2D eigenvalue weighted by atomic mass is 16.5. The standard InChI is InChI=1S/C11H10N2O2/c1-8(12-14)11-7-10(13-15-11)9-5-3-2-4-6-9/h2-7,14H,1H3. The SMILES string of the molecule is CC(=NO)c1cc(-c2ccccc2)no1. The molecule has 0 radical (unpaired) electrons. The van der Waals surface area contributed by atoms with Gasteiger partial charge >= 0.3 is 0 Å². The highest BCUT2D eigenvalue weighted by Crippen LogP contribution is 2.18. The smallest absolute Gasteiger partial charge is 0.184 e. The van der Waals surface area contributed by atoms with Crippen LogP contribution in [-0.2, 0) is 0 Å². The van der Waals surface area contributed by atoms with E-state index < -0.39 is 0 Å². The van der Waals surface area contributed by atoms with Crippen LogP contribution in [0.3, 0.4) is 0 Å². The molecule has 0 atom stereocenters. The molecule has 0 bridgehead atoms. The Morgan fingerprint density at radius 1 is 1.33 bits per heavy atom. The van der Waals surface area contributed by atoms with Crippen molar-refractivity contribution in [3.63, 3.8) is 0 Å². The number of oxime groups is 1. The fraction of sp³-hybridized carbons (Fsp3) is 0.0909. The first-order chi connectivity index (χ1) is 7.31. The van der Waals surface area contributed by atoms with Crippen molar-refractivity contribution in [1.29, 1.82) is 0 Å².